The molecule has 0 unspecified atom stereocenters. The quantitative estimate of drug-likeness (QED) is 0.173. The third-order valence-corrected chi connectivity index (χ3v) is 6.14. The summed E-state index contributed by atoms with van der Waals surface area (Å²) in [4.78, 5) is 41.0. The van der Waals surface area contributed by atoms with Gasteiger partial charge in [0, 0.05) is 35.2 Å². The van der Waals surface area contributed by atoms with Gasteiger partial charge in [-0.3, -0.25) is 9.36 Å². The van der Waals surface area contributed by atoms with E-state index in [0.29, 0.717) is 16.9 Å². The fraction of sp³-hybridized carbons (Fsp3) is 0.462. The highest BCUT2D eigenvalue weighted by Gasteiger charge is 2.12. The van der Waals surface area contributed by atoms with Gasteiger partial charge in [-0.05, 0) is 73.1 Å². The van der Waals surface area contributed by atoms with Crippen LogP contribution in [0.2, 0.25) is 0 Å². The summed E-state index contributed by atoms with van der Waals surface area (Å²) in [5.74, 6) is 0.369. The molecule has 0 bridgehead atoms. The summed E-state index contributed by atoms with van der Waals surface area (Å²) in [6.07, 6.45) is 6.96. The molecule has 0 aliphatic heterocycles. The number of nitrogens with one attached hydrogen (secondary N) is 1. The van der Waals surface area contributed by atoms with Crippen LogP contribution in [0.25, 0.3) is 17.1 Å². The lowest BCUT2D eigenvalue weighted by molar-refractivity contribution is -0.137. The molecule has 200 valence electrons. The molecule has 0 atom stereocenters. The third kappa shape index (κ3) is 8.29. The predicted octanol–water partition coefficient (Wildman–Crippen LogP) is 5.31. The number of fused-ring (bicyclic) bond motifs is 1. The Morgan fingerprint density at radius 3 is 2.22 bits per heavy atom. The molecule has 11 heteroatoms. The average Bonchev–Trinajstić information content (AvgIpc) is 2.82. The maximum Gasteiger partial charge on any atom is 0.330 e. The van der Waals surface area contributed by atoms with E-state index in [-0.39, 0.29) is 23.6 Å². The molecule has 0 saturated carbocycles. The van der Waals surface area contributed by atoms with Crippen molar-refractivity contribution < 1.29 is 9.53 Å². The van der Waals surface area contributed by atoms with E-state index < -0.39 is 0 Å². The summed E-state index contributed by atoms with van der Waals surface area (Å²) in [5, 5.41) is 5.63. The highest BCUT2D eigenvalue weighted by Crippen LogP contribution is 2.23. The number of ether oxygens (including phenoxy) is 1. The molecule has 0 fully saturated rings. The van der Waals surface area contributed by atoms with Gasteiger partial charge in [-0.2, -0.15) is 0 Å². The molecule has 9 nitrogen and oxygen atoms in total. The SMILES string of the molecule is CCOC(=O)/C=C/c1c(C)nc(SC)nc1NC(C)C.CSc1nc(C)c2ccc(=O)n(C(C)C)c2n1. The van der Waals surface area contributed by atoms with Gasteiger partial charge in [0.05, 0.1) is 18.0 Å². The predicted molar refractivity (Wildman–Crippen MR) is 154 cm³/mol. The number of hydrogen-bond donors (Lipinski definition) is 1. The molecular weight excluding hydrogens is 508 g/mol. The minimum absolute atomic E-state index is 0.0161. The second-order valence-corrected chi connectivity index (χ2v) is 10.2. The molecule has 0 aliphatic rings. The van der Waals surface area contributed by atoms with Crippen molar-refractivity contribution in [3.63, 3.8) is 0 Å². The van der Waals surface area contributed by atoms with Crippen LogP contribution in [0.5, 0.6) is 0 Å². The highest BCUT2D eigenvalue weighted by molar-refractivity contribution is 7.98. The number of esters is 1. The summed E-state index contributed by atoms with van der Waals surface area (Å²) >= 11 is 2.97. The van der Waals surface area contributed by atoms with Crippen LogP contribution >= 0.6 is 23.5 Å². The van der Waals surface area contributed by atoms with Crippen molar-refractivity contribution in [2.75, 3.05) is 24.4 Å². The molecule has 3 aromatic rings. The van der Waals surface area contributed by atoms with Gasteiger partial charge >= 0.3 is 5.97 Å². The molecule has 0 radical (unpaired) electrons. The maximum absolute atomic E-state index is 11.9. The number of thioether (sulfide) groups is 2. The largest absolute Gasteiger partial charge is 0.463 e. The summed E-state index contributed by atoms with van der Waals surface area (Å²) in [7, 11) is 0. The number of aromatic nitrogens is 5. The molecule has 1 N–H and O–H groups in total. The van der Waals surface area contributed by atoms with Crippen LogP contribution < -0.4 is 10.9 Å². The molecule has 3 aromatic heterocycles. The first-order valence-electron chi connectivity index (χ1n) is 12.0. The molecule has 0 aliphatic carbocycles. The van der Waals surface area contributed by atoms with E-state index in [9.17, 15) is 9.59 Å². The Hall–Kier alpha value is -2.92. The monoisotopic (exact) mass is 544 g/mol. The van der Waals surface area contributed by atoms with Crippen molar-refractivity contribution in [2.24, 2.45) is 0 Å². The minimum Gasteiger partial charge on any atom is -0.463 e. The fourth-order valence-corrected chi connectivity index (χ4v) is 4.24. The van der Waals surface area contributed by atoms with Crippen LogP contribution in [0.4, 0.5) is 5.82 Å². The van der Waals surface area contributed by atoms with Crippen molar-refractivity contribution in [3.8, 4) is 0 Å². The zero-order valence-corrected chi connectivity index (χ0v) is 24.6. The van der Waals surface area contributed by atoms with Gasteiger partial charge in [-0.15, -0.1) is 0 Å². The Balaban J connectivity index is 0.000000263. The molecule has 0 amide bonds. The maximum atomic E-state index is 11.9. The fourth-order valence-electron chi connectivity index (χ4n) is 3.42. The molecule has 3 heterocycles. The van der Waals surface area contributed by atoms with Crippen LogP contribution in [0.1, 0.15) is 57.6 Å². The number of pyridine rings is 1. The number of nitrogens with zero attached hydrogens (tertiary/aromatic N) is 5. The molecule has 0 spiro atoms. The van der Waals surface area contributed by atoms with Gasteiger partial charge in [0.15, 0.2) is 10.3 Å². The van der Waals surface area contributed by atoms with Crippen LogP contribution in [0.15, 0.2) is 33.3 Å². The van der Waals surface area contributed by atoms with E-state index in [2.05, 4.69) is 25.3 Å². The van der Waals surface area contributed by atoms with Crippen molar-refractivity contribution in [2.45, 2.75) is 70.9 Å². The van der Waals surface area contributed by atoms with Gasteiger partial charge in [0.2, 0.25) is 0 Å². The first-order chi connectivity index (χ1) is 17.5. The van der Waals surface area contributed by atoms with Gasteiger partial charge in [0.1, 0.15) is 11.5 Å². The topological polar surface area (TPSA) is 112 Å². The zero-order chi connectivity index (χ0) is 27.7. The van der Waals surface area contributed by atoms with Crippen molar-refractivity contribution >= 4 is 52.4 Å². The van der Waals surface area contributed by atoms with E-state index >= 15 is 0 Å². The summed E-state index contributed by atoms with van der Waals surface area (Å²) in [6.45, 7) is 14.0. The van der Waals surface area contributed by atoms with Crippen LogP contribution in [-0.4, -0.2) is 55.6 Å². The first kappa shape index (κ1) is 30.3. The molecule has 37 heavy (non-hydrogen) atoms. The van der Waals surface area contributed by atoms with Crippen molar-refractivity contribution in [1.29, 1.82) is 0 Å². The molecule has 3 rings (SSSR count). The van der Waals surface area contributed by atoms with Gasteiger partial charge < -0.3 is 10.1 Å². The lowest BCUT2D eigenvalue weighted by Gasteiger charge is -2.14. The number of carbonyl (C=O) groups is 1. The zero-order valence-electron chi connectivity index (χ0n) is 22.9. The standard InChI is InChI=1S/C14H21N3O2S.C12H15N3OS/c1-6-19-12(18)8-7-11-10(4)16-14(20-5)17-13(11)15-9(2)3;1-7(2)15-10(16)6-5-9-8(3)13-12(17-4)14-11(9)15/h7-9H,6H2,1-5H3,(H,15,16,17);5-7H,1-4H3/b8-7+;. The number of hydrogen-bond acceptors (Lipinski definition) is 10. The van der Waals surface area contributed by atoms with Gasteiger partial charge in [-0.25, -0.2) is 24.7 Å². The van der Waals surface area contributed by atoms with E-state index in [1.807, 2.05) is 54.1 Å². The lowest BCUT2D eigenvalue weighted by Crippen LogP contribution is -2.22. The summed E-state index contributed by atoms with van der Waals surface area (Å²) in [5.41, 5.74) is 3.26. The van der Waals surface area contributed by atoms with Gasteiger partial charge in [-0.1, -0.05) is 23.5 Å². The number of rotatable bonds is 8. The number of aryl methyl sites for hydroxylation is 2. The second-order valence-electron chi connectivity index (χ2n) is 8.61. The Morgan fingerprint density at radius 1 is 1.03 bits per heavy atom. The lowest BCUT2D eigenvalue weighted by atomic mass is 10.2. The normalized spacial score (nSPS) is 11.2. The smallest absolute Gasteiger partial charge is 0.330 e. The second kappa shape index (κ2) is 14.1. The molecule has 0 saturated heterocycles. The summed E-state index contributed by atoms with van der Waals surface area (Å²) in [6, 6.07) is 3.72. The van der Waals surface area contributed by atoms with Crippen LogP contribution in [-0.2, 0) is 9.53 Å². The average molecular weight is 545 g/mol. The van der Waals surface area contributed by atoms with E-state index in [0.717, 1.165) is 33.8 Å². The molecule has 0 aromatic carbocycles. The highest BCUT2D eigenvalue weighted by atomic mass is 32.2. The minimum atomic E-state index is -0.365. The third-order valence-electron chi connectivity index (χ3n) is 5.05. The molecular formula is C26H36N6O3S2. The van der Waals surface area contributed by atoms with Gasteiger partial charge in [0.25, 0.3) is 5.56 Å². The van der Waals surface area contributed by atoms with Crippen LogP contribution in [0.3, 0.4) is 0 Å². The van der Waals surface area contributed by atoms with Crippen LogP contribution in [0, 0.1) is 13.8 Å². The van der Waals surface area contributed by atoms with E-state index in [1.165, 1.54) is 29.6 Å². The Kier molecular flexibility index (Phi) is 11.6. The van der Waals surface area contributed by atoms with E-state index in [4.69, 9.17) is 4.74 Å². The first-order valence-corrected chi connectivity index (χ1v) is 14.4. The number of carbonyl (C=O) groups excluding carboxylic acids is 1. The summed E-state index contributed by atoms with van der Waals surface area (Å²) < 4.78 is 6.59. The number of anilines is 1. The van der Waals surface area contributed by atoms with Crippen molar-refractivity contribution in [3.05, 3.63) is 45.5 Å². The van der Waals surface area contributed by atoms with Crippen molar-refractivity contribution in [1.82, 2.24) is 24.5 Å². The Labute approximate surface area is 227 Å². The van der Waals surface area contributed by atoms with E-state index in [1.54, 1.807) is 29.7 Å². The Morgan fingerprint density at radius 2 is 1.65 bits per heavy atom. The Bertz CT molecular complexity index is 1320.